The van der Waals surface area contributed by atoms with Crippen molar-refractivity contribution in [3.63, 3.8) is 0 Å². The van der Waals surface area contributed by atoms with Crippen LogP contribution in [0.25, 0.3) is 22.0 Å². The molecule has 0 aliphatic heterocycles. The van der Waals surface area contributed by atoms with E-state index in [2.05, 4.69) is 16.4 Å². The third kappa shape index (κ3) is 5.79. The molecule has 0 radical (unpaired) electrons. The number of nitrogens with zero attached hydrogens (tertiary/aromatic N) is 3. The fourth-order valence-corrected chi connectivity index (χ4v) is 4.55. The Hall–Kier alpha value is -4.77. The Morgan fingerprint density at radius 2 is 1.79 bits per heavy atom. The SMILES string of the molecule is CC(C)CC(C(=O)NC(CC(=O)O)c1cccc(-c2ccccc2C#N)c1)n1cnc2ccccc2c1=O. The predicted molar refractivity (Wildman–Crippen MR) is 144 cm³/mol. The van der Waals surface area contributed by atoms with E-state index in [1.54, 1.807) is 54.6 Å². The second kappa shape index (κ2) is 11.5. The summed E-state index contributed by atoms with van der Waals surface area (Å²) in [5, 5.41) is 22.4. The molecular formula is C30H28N4O4. The van der Waals surface area contributed by atoms with Crippen LogP contribution in [0.4, 0.5) is 0 Å². The summed E-state index contributed by atoms with van der Waals surface area (Å²) < 4.78 is 1.33. The van der Waals surface area contributed by atoms with E-state index < -0.39 is 24.0 Å². The molecule has 2 unspecified atom stereocenters. The Morgan fingerprint density at radius 3 is 2.53 bits per heavy atom. The van der Waals surface area contributed by atoms with Crippen LogP contribution >= 0.6 is 0 Å². The van der Waals surface area contributed by atoms with Crippen LogP contribution in [0.3, 0.4) is 0 Å². The average molecular weight is 509 g/mol. The molecule has 8 nitrogen and oxygen atoms in total. The Morgan fingerprint density at radius 1 is 1.05 bits per heavy atom. The number of hydrogen-bond acceptors (Lipinski definition) is 5. The van der Waals surface area contributed by atoms with Crippen molar-refractivity contribution >= 4 is 22.8 Å². The molecule has 0 aliphatic rings. The quantitative estimate of drug-likeness (QED) is 0.333. The van der Waals surface area contributed by atoms with Crippen LogP contribution in [0, 0.1) is 17.2 Å². The maximum atomic E-state index is 13.7. The van der Waals surface area contributed by atoms with E-state index in [1.165, 1.54) is 10.9 Å². The van der Waals surface area contributed by atoms with Gasteiger partial charge >= 0.3 is 5.97 Å². The molecule has 192 valence electrons. The number of carboxylic acid groups (broad SMARTS) is 1. The van der Waals surface area contributed by atoms with Gasteiger partial charge in [-0.1, -0.05) is 62.4 Å². The first-order chi connectivity index (χ1) is 18.3. The van der Waals surface area contributed by atoms with Crippen LogP contribution in [0.5, 0.6) is 0 Å². The van der Waals surface area contributed by atoms with E-state index >= 15 is 0 Å². The van der Waals surface area contributed by atoms with Crippen molar-refractivity contribution in [1.82, 2.24) is 14.9 Å². The second-order valence-electron chi connectivity index (χ2n) is 9.56. The highest BCUT2D eigenvalue weighted by Gasteiger charge is 2.27. The molecule has 3 aromatic carbocycles. The Kier molecular flexibility index (Phi) is 7.97. The first-order valence-electron chi connectivity index (χ1n) is 12.4. The summed E-state index contributed by atoms with van der Waals surface area (Å²) in [6, 6.07) is 21.6. The average Bonchev–Trinajstić information content (AvgIpc) is 2.91. The van der Waals surface area contributed by atoms with E-state index in [-0.39, 0.29) is 17.9 Å². The van der Waals surface area contributed by atoms with Crippen LogP contribution in [0.15, 0.2) is 83.9 Å². The zero-order valence-corrected chi connectivity index (χ0v) is 21.2. The molecule has 2 N–H and O–H groups in total. The number of para-hydroxylation sites is 1. The Bertz CT molecular complexity index is 1590. The van der Waals surface area contributed by atoms with Gasteiger partial charge in [0.1, 0.15) is 6.04 Å². The minimum absolute atomic E-state index is 0.0767. The van der Waals surface area contributed by atoms with Gasteiger partial charge in [0, 0.05) is 0 Å². The topological polar surface area (TPSA) is 125 Å². The van der Waals surface area contributed by atoms with Crippen LogP contribution in [0.1, 0.15) is 49.9 Å². The smallest absolute Gasteiger partial charge is 0.305 e. The monoisotopic (exact) mass is 508 g/mol. The summed E-state index contributed by atoms with van der Waals surface area (Å²) in [5.41, 5.74) is 2.72. The number of aromatic nitrogens is 2. The van der Waals surface area contributed by atoms with Crippen molar-refractivity contribution in [2.75, 3.05) is 0 Å². The molecule has 0 spiro atoms. The molecule has 8 heteroatoms. The van der Waals surface area contributed by atoms with Crippen molar-refractivity contribution in [1.29, 1.82) is 5.26 Å². The number of rotatable bonds is 9. The molecule has 0 saturated carbocycles. The normalized spacial score (nSPS) is 12.6. The van der Waals surface area contributed by atoms with Crippen LogP contribution in [0.2, 0.25) is 0 Å². The van der Waals surface area contributed by atoms with Gasteiger partial charge in [0.15, 0.2) is 0 Å². The maximum absolute atomic E-state index is 13.7. The molecule has 4 rings (SSSR count). The van der Waals surface area contributed by atoms with Gasteiger partial charge in [0.2, 0.25) is 5.91 Å². The minimum Gasteiger partial charge on any atom is -0.481 e. The van der Waals surface area contributed by atoms with Gasteiger partial charge in [-0.15, -0.1) is 0 Å². The van der Waals surface area contributed by atoms with Crippen molar-refractivity contribution in [3.8, 4) is 17.2 Å². The van der Waals surface area contributed by atoms with E-state index in [9.17, 15) is 24.8 Å². The molecule has 1 aromatic heterocycles. The molecule has 1 heterocycles. The van der Waals surface area contributed by atoms with Crippen LogP contribution in [-0.4, -0.2) is 26.5 Å². The van der Waals surface area contributed by atoms with Crippen molar-refractivity contribution in [3.05, 3.63) is 101 Å². The predicted octanol–water partition coefficient (Wildman–Crippen LogP) is 4.85. The largest absolute Gasteiger partial charge is 0.481 e. The third-order valence-electron chi connectivity index (χ3n) is 6.37. The van der Waals surface area contributed by atoms with E-state index in [1.807, 2.05) is 32.0 Å². The molecule has 2 atom stereocenters. The molecule has 4 aromatic rings. The minimum atomic E-state index is -1.08. The van der Waals surface area contributed by atoms with Gasteiger partial charge in [0.25, 0.3) is 5.56 Å². The highest BCUT2D eigenvalue weighted by atomic mass is 16.4. The van der Waals surface area contributed by atoms with E-state index in [0.717, 1.165) is 5.56 Å². The molecule has 0 fully saturated rings. The summed E-state index contributed by atoms with van der Waals surface area (Å²) in [7, 11) is 0. The van der Waals surface area contributed by atoms with Gasteiger partial charge in [-0.05, 0) is 53.3 Å². The Balaban J connectivity index is 1.71. The van der Waals surface area contributed by atoms with Crippen LogP contribution < -0.4 is 10.9 Å². The second-order valence-corrected chi connectivity index (χ2v) is 9.56. The zero-order chi connectivity index (χ0) is 27.2. The van der Waals surface area contributed by atoms with Crippen molar-refractivity contribution in [2.45, 2.75) is 38.8 Å². The number of hydrogen-bond donors (Lipinski definition) is 2. The van der Waals surface area contributed by atoms with Crippen molar-refractivity contribution in [2.24, 2.45) is 5.92 Å². The summed E-state index contributed by atoms with van der Waals surface area (Å²) in [4.78, 5) is 43.1. The maximum Gasteiger partial charge on any atom is 0.305 e. The number of nitrogens with one attached hydrogen (secondary N) is 1. The lowest BCUT2D eigenvalue weighted by molar-refractivity contribution is -0.138. The van der Waals surface area contributed by atoms with Gasteiger partial charge in [-0.2, -0.15) is 5.26 Å². The lowest BCUT2D eigenvalue weighted by atomic mass is 9.95. The number of nitriles is 1. The number of carboxylic acids is 1. The summed E-state index contributed by atoms with van der Waals surface area (Å²) >= 11 is 0. The standard InChI is InChI=1S/C30H28N4O4/c1-19(2)14-27(34-18-32-25-13-6-5-12-24(25)30(34)38)29(37)33-26(16-28(35)36)21-10-7-9-20(15-21)23-11-4-3-8-22(23)17-31/h3-13,15,18-19,26-27H,14,16H2,1-2H3,(H,33,37)(H,35,36). The lowest BCUT2D eigenvalue weighted by Crippen LogP contribution is -2.40. The molecule has 0 saturated heterocycles. The van der Waals surface area contributed by atoms with Gasteiger partial charge < -0.3 is 10.4 Å². The molecule has 1 amide bonds. The van der Waals surface area contributed by atoms with E-state index in [4.69, 9.17) is 0 Å². The molecule has 0 aliphatic carbocycles. The summed E-state index contributed by atoms with van der Waals surface area (Å²) in [6.45, 7) is 3.90. The van der Waals surface area contributed by atoms with Crippen LogP contribution in [-0.2, 0) is 9.59 Å². The number of benzene rings is 3. The number of fused-ring (bicyclic) bond motifs is 1. The van der Waals surface area contributed by atoms with Gasteiger partial charge in [0.05, 0.1) is 41.3 Å². The number of carbonyl (C=O) groups excluding carboxylic acids is 1. The third-order valence-corrected chi connectivity index (χ3v) is 6.37. The van der Waals surface area contributed by atoms with Gasteiger partial charge in [-0.3, -0.25) is 19.0 Å². The number of aliphatic carboxylic acids is 1. The fraction of sp³-hybridized carbons (Fsp3) is 0.233. The van der Waals surface area contributed by atoms with Crippen molar-refractivity contribution < 1.29 is 14.7 Å². The summed E-state index contributed by atoms with van der Waals surface area (Å²) in [6.07, 6.45) is 1.39. The zero-order valence-electron chi connectivity index (χ0n) is 21.2. The first-order valence-corrected chi connectivity index (χ1v) is 12.4. The molecular weight excluding hydrogens is 480 g/mol. The van der Waals surface area contributed by atoms with E-state index in [0.29, 0.717) is 34.0 Å². The first kappa shape index (κ1) is 26.3. The van der Waals surface area contributed by atoms with Gasteiger partial charge in [-0.25, -0.2) is 4.98 Å². The Labute approximate surface area is 220 Å². The molecule has 0 bridgehead atoms. The fourth-order valence-electron chi connectivity index (χ4n) is 4.55. The molecule has 38 heavy (non-hydrogen) atoms. The summed E-state index contributed by atoms with van der Waals surface area (Å²) in [5.74, 6) is -1.47. The number of amides is 1. The number of carbonyl (C=O) groups is 2. The highest BCUT2D eigenvalue weighted by molar-refractivity contribution is 5.83. The lowest BCUT2D eigenvalue weighted by Gasteiger charge is -2.25. The highest BCUT2D eigenvalue weighted by Crippen LogP contribution is 2.28.